The van der Waals surface area contributed by atoms with E-state index < -0.39 is 10.0 Å². The van der Waals surface area contributed by atoms with Crippen molar-refractivity contribution in [3.63, 3.8) is 0 Å². The zero-order chi connectivity index (χ0) is 15.7. The molecule has 0 unspecified atom stereocenters. The van der Waals surface area contributed by atoms with Crippen molar-refractivity contribution in [3.05, 3.63) is 42.2 Å². The highest BCUT2D eigenvalue weighted by atomic mass is 32.2. The van der Waals surface area contributed by atoms with E-state index in [-0.39, 0.29) is 10.4 Å². The van der Waals surface area contributed by atoms with Crippen molar-refractivity contribution in [1.82, 2.24) is 9.78 Å². The van der Waals surface area contributed by atoms with Crippen molar-refractivity contribution in [2.24, 2.45) is 5.14 Å². The van der Waals surface area contributed by atoms with Gasteiger partial charge in [-0.25, -0.2) is 13.6 Å². The van der Waals surface area contributed by atoms with Gasteiger partial charge in [0.25, 0.3) is 0 Å². The molecule has 0 amide bonds. The molecule has 114 valence electrons. The molecule has 0 radical (unpaired) electrons. The second-order valence-electron chi connectivity index (χ2n) is 5.89. The molecule has 0 aliphatic rings. The summed E-state index contributed by atoms with van der Waals surface area (Å²) in [6.07, 6.45) is 3.81. The first-order valence-corrected chi connectivity index (χ1v) is 8.12. The highest BCUT2D eigenvalue weighted by Crippen LogP contribution is 2.16. The zero-order valence-electron chi connectivity index (χ0n) is 12.4. The molecule has 0 fully saturated rings. The van der Waals surface area contributed by atoms with Gasteiger partial charge in [0.2, 0.25) is 10.0 Å². The van der Waals surface area contributed by atoms with E-state index in [4.69, 9.17) is 5.14 Å². The van der Waals surface area contributed by atoms with Crippen molar-refractivity contribution in [2.45, 2.75) is 37.8 Å². The van der Waals surface area contributed by atoms with Gasteiger partial charge in [0, 0.05) is 24.0 Å². The lowest BCUT2D eigenvalue weighted by Crippen LogP contribution is -2.21. The molecule has 0 aliphatic carbocycles. The number of nitrogens with one attached hydrogen (secondary N) is 1. The van der Waals surface area contributed by atoms with E-state index in [1.54, 1.807) is 12.1 Å². The van der Waals surface area contributed by atoms with Crippen LogP contribution in [0, 0.1) is 0 Å². The molecule has 1 heterocycles. The van der Waals surface area contributed by atoms with Crippen LogP contribution in [-0.2, 0) is 22.1 Å². The van der Waals surface area contributed by atoms with Crippen molar-refractivity contribution in [2.75, 3.05) is 5.32 Å². The van der Waals surface area contributed by atoms with E-state index in [2.05, 4.69) is 31.2 Å². The number of aromatic nitrogens is 2. The molecule has 1 aromatic carbocycles. The highest BCUT2D eigenvalue weighted by molar-refractivity contribution is 7.89. The molecule has 2 rings (SSSR count). The number of nitrogens with two attached hydrogens (primary N) is 1. The lowest BCUT2D eigenvalue weighted by atomic mass is 10.1. The van der Waals surface area contributed by atoms with Gasteiger partial charge >= 0.3 is 0 Å². The standard InChI is InChI=1S/C14H20N4O2S/c1-14(2,3)18-10-11(9-17-18)8-16-12-4-6-13(7-5-12)21(15,19)20/h4-7,9-10,16H,8H2,1-3H3,(H2,15,19,20). The Balaban J connectivity index is 2.02. The second-order valence-corrected chi connectivity index (χ2v) is 7.45. The van der Waals surface area contributed by atoms with Crippen LogP contribution in [-0.4, -0.2) is 18.2 Å². The minimum Gasteiger partial charge on any atom is -0.381 e. The van der Waals surface area contributed by atoms with Gasteiger partial charge in [0.05, 0.1) is 16.6 Å². The van der Waals surface area contributed by atoms with Gasteiger partial charge in [-0.1, -0.05) is 0 Å². The molecule has 2 aromatic rings. The summed E-state index contributed by atoms with van der Waals surface area (Å²) in [6.45, 7) is 6.88. The fraction of sp³-hybridized carbons (Fsp3) is 0.357. The Morgan fingerprint density at radius 1 is 1.24 bits per heavy atom. The van der Waals surface area contributed by atoms with Gasteiger partial charge in [-0.15, -0.1) is 0 Å². The maximum atomic E-state index is 11.2. The van der Waals surface area contributed by atoms with Gasteiger partial charge in [0.15, 0.2) is 0 Å². The molecule has 7 heteroatoms. The Labute approximate surface area is 125 Å². The van der Waals surface area contributed by atoms with Crippen LogP contribution in [0.5, 0.6) is 0 Å². The summed E-state index contributed by atoms with van der Waals surface area (Å²) in [6, 6.07) is 6.34. The summed E-state index contributed by atoms with van der Waals surface area (Å²) in [5.74, 6) is 0. The fourth-order valence-electron chi connectivity index (χ4n) is 1.78. The number of anilines is 1. The SMILES string of the molecule is CC(C)(C)n1cc(CNc2ccc(S(N)(=O)=O)cc2)cn1. The van der Waals surface area contributed by atoms with Gasteiger partial charge < -0.3 is 5.32 Å². The average Bonchev–Trinajstić information content (AvgIpc) is 2.84. The minimum atomic E-state index is -3.64. The molecule has 0 atom stereocenters. The summed E-state index contributed by atoms with van der Waals surface area (Å²) in [4.78, 5) is 0.105. The number of primary sulfonamides is 1. The van der Waals surface area contributed by atoms with Gasteiger partial charge in [0.1, 0.15) is 0 Å². The van der Waals surface area contributed by atoms with Crippen LogP contribution >= 0.6 is 0 Å². The fourth-order valence-corrected chi connectivity index (χ4v) is 2.30. The lowest BCUT2D eigenvalue weighted by molar-refractivity contribution is 0.355. The van der Waals surface area contributed by atoms with E-state index in [9.17, 15) is 8.42 Å². The Hall–Kier alpha value is -1.86. The van der Waals surface area contributed by atoms with Crippen LogP contribution in [0.25, 0.3) is 0 Å². The summed E-state index contributed by atoms with van der Waals surface area (Å²) in [5.41, 5.74) is 1.83. The van der Waals surface area contributed by atoms with Crippen LogP contribution < -0.4 is 10.5 Å². The van der Waals surface area contributed by atoms with Crippen molar-refractivity contribution in [3.8, 4) is 0 Å². The first-order chi connectivity index (χ1) is 9.66. The Bertz CT molecular complexity index is 712. The zero-order valence-corrected chi connectivity index (χ0v) is 13.2. The first kappa shape index (κ1) is 15.5. The third kappa shape index (κ3) is 4.05. The largest absolute Gasteiger partial charge is 0.381 e. The van der Waals surface area contributed by atoms with E-state index in [1.165, 1.54) is 12.1 Å². The first-order valence-electron chi connectivity index (χ1n) is 6.57. The molecule has 0 saturated carbocycles. The summed E-state index contributed by atoms with van der Waals surface area (Å²) in [5, 5.41) is 12.6. The monoisotopic (exact) mass is 308 g/mol. The summed E-state index contributed by atoms with van der Waals surface area (Å²) in [7, 11) is -3.64. The molecule has 0 saturated heterocycles. The number of nitrogens with zero attached hydrogens (tertiary/aromatic N) is 2. The topological polar surface area (TPSA) is 90.0 Å². The molecule has 0 bridgehead atoms. The van der Waals surface area contributed by atoms with Gasteiger partial charge in [-0.05, 0) is 45.0 Å². The maximum Gasteiger partial charge on any atom is 0.238 e. The van der Waals surface area contributed by atoms with Crippen LogP contribution in [0.15, 0.2) is 41.6 Å². The number of hydrogen-bond acceptors (Lipinski definition) is 4. The molecule has 1 aromatic heterocycles. The van der Waals surface area contributed by atoms with Crippen molar-refractivity contribution < 1.29 is 8.42 Å². The quantitative estimate of drug-likeness (QED) is 0.902. The predicted octanol–water partition coefficient (Wildman–Crippen LogP) is 1.90. The van der Waals surface area contributed by atoms with E-state index in [0.717, 1.165) is 11.3 Å². The number of sulfonamides is 1. The van der Waals surface area contributed by atoms with Crippen molar-refractivity contribution in [1.29, 1.82) is 0 Å². The average molecular weight is 308 g/mol. The van der Waals surface area contributed by atoms with Crippen molar-refractivity contribution >= 4 is 15.7 Å². The normalized spacial score (nSPS) is 12.4. The van der Waals surface area contributed by atoms with Gasteiger partial charge in [-0.2, -0.15) is 5.10 Å². The van der Waals surface area contributed by atoms with Gasteiger partial charge in [-0.3, -0.25) is 4.68 Å². The van der Waals surface area contributed by atoms with Crippen LogP contribution in [0.2, 0.25) is 0 Å². The molecular weight excluding hydrogens is 288 g/mol. The molecule has 3 N–H and O–H groups in total. The lowest BCUT2D eigenvalue weighted by Gasteiger charge is -2.18. The predicted molar refractivity (Wildman–Crippen MR) is 82.4 cm³/mol. The molecule has 6 nitrogen and oxygen atoms in total. The second kappa shape index (κ2) is 5.50. The Morgan fingerprint density at radius 2 is 1.86 bits per heavy atom. The highest BCUT2D eigenvalue weighted by Gasteiger charge is 2.13. The Morgan fingerprint density at radius 3 is 2.33 bits per heavy atom. The van der Waals surface area contributed by atoms with Crippen LogP contribution in [0.3, 0.4) is 0 Å². The molecule has 0 spiro atoms. The smallest absolute Gasteiger partial charge is 0.238 e. The van der Waals surface area contributed by atoms with E-state index in [0.29, 0.717) is 6.54 Å². The molecule has 21 heavy (non-hydrogen) atoms. The summed E-state index contributed by atoms with van der Waals surface area (Å²) >= 11 is 0. The minimum absolute atomic E-state index is 0.0462. The molecular formula is C14H20N4O2S. The maximum absolute atomic E-state index is 11.2. The third-order valence-corrected chi connectivity index (χ3v) is 3.93. The van der Waals surface area contributed by atoms with E-state index in [1.807, 2.05) is 17.1 Å². The third-order valence-electron chi connectivity index (χ3n) is 3.00. The van der Waals surface area contributed by atoms with E-state index >= 15 is 0 Å². The van der Waals surface area contributed by atoms with Crippen LogP contribution in [0.1, 0.15) is 26.3 Å². The number of benzene rings is 1. The number of rotatable bonds is 4. The summed E-state index contributed by atoms with van der Waals surface area (Å²) < 4.78 is 24.2. The Kier molecular flexibility index (Phi) is 4.06. The van der Waals surface area contributed by atoms with Crippen LogP contribution in [0.4, 0.5) is 5.69 Å². The number of hydrogen-bond donors (Lipinski definition) is 2. The molecule has 0 aliphatic heterocycles.